The molecule has 1 aromatic heterocycles. The highest BCUT2D eigenvalue weighted by atomic mass is 19.1. The molecule has 1 heterocycles. The van der Waals surface area contributed by atoms with E-state index >= 15 is 0 Å². The number of aldehydes is 1. The van der Waals surface area contributed by atoms with E-state index in [4.69, 9.17) is 0 Å². The number of hydrogen-bond donors (Lipinski definition) is 0. The molecule has 0 saturated carbocycles. The molecular formula is C13H12FN3O. The number of carbonyl (C=O) groups excluding carboxylic acids is 1. The molecule has 0 bridgehead atoms. The van der Waals surface area contributed by atoms with Crippen LogP contribution in [0.1, 0.15) is 15.9 Å². The first-order chi connectivity index (χ1) is 8.69. The molecule has 0 unspecified atom stereocenters. The summed E-state index contributed by atoms with van der Waals surface area (Å²) in [6.07, 6.45) is 3.60. The summed E-state index contributed by atoms with van der Waals surface area (Å²) in [5.41, 5.74) is 1.26. The zero-order valence-corrected chi connectivity index (χ0v) is 9.88. The lowest BCUT2D eigenvalue weighted by molar-refractivity contribution is 0.112. The van der Waals surface area contributed by atoms with Crippen molar-refractivity contribution >= 4 is 12.2 Å². The number of halogens is 1. The minimum atomic E-state index is -0.266. The second-order valence-electron chi connectivity index (χ2n) is 3.92. The number of nitrogens with zero attached hydrogens (tertiary/aromatic N) is 3. The summed E-state index contributed by atoms with van der Waals surface area (Å²) in [6, 6.07) is 6.36. The van der Waals surface area contributed by atoms with E-state index in [0.717, 1.165) is 5.56 Å². The third-order valence-corrected chi connectivity index (χ3v) is 2.44. The lowest BCUT2D eigenvalue weighted by atomic mass is 10.2. The van der Waals surface area contributed by atoms with Gasteiger partial charge in [-0.2, -0.15) is 0 Å². The fourth-order valence-corrected chi connectivity index (χ4v) is 1.57. The fraction of sp³-hybridized carbons (Fsp3) is 0.154. The lowest BCUT2D eigenvalue weighted by Crippen LogP contribution is -2.19. The van der Waals surface area contributed by atoms with Gasteiger partial charge in [-0.15, -0.1) is 0 Å². The molecule has 2 rings (SSSR count). The highest BCUT2D eigenvalue weighted by Gasteiger charge is 2.05. The highest BCUT2D eigenvalue weighted by Crippen LogP contribution is 2.10. The Morgan fingerprint density at radius 2 is 2.06 bits per heavy atom. The Balaban J connectivity index is 2.11. The lowest BCUT2D eigenvalue weighted by Gasteiger charge is -2.16. The Morgan fingerprint density at radius 1 is 1.33 bits per heavy atom. The summed E-state index contributed by atoms with van der Waals surface area (Å²) >= 11 is 0. The third kappa shape index (κ3) is 2.88. The maximum atomic E-state index is 13.0. The van der Waals surface area contributed by atoms with Crippen LogP contribution in [-0.4, -0.2) is 23.3 Å². The zero-order chi connectivity index (χ0) is 13.0. The van der Waals surface area contributed by atoms with E-state index < -0.39 is 0 Å². The van der Waals surface area contributed by atoms with Crippen molar-refractivity contribution in [2.45, 2.75) is 6.54 Å². The molecule has 0 spiro atoms. The first-order valence-electron chi connectivity index (χ1n) is 5.42. The van der Waals surface area contributed by atoms with Gasteiger partial charge < -0.3 is 4.90 Å². The molecule has 4 nitrogen and oxygen atoms in total. The van der Waals surface area contributed by atoms with Crippen molar-refractivity contribution in [1.82, 2.24) is 9.97 Å². The molecule has 1 aromatic carbocycles. The fourth-order valence-electron chi connectivity index (χ4n) is 1.57. The molecule has 0 fully saturated rings. The number of anilines is 1. The van der Waals surface area contributed by atoms with Gasteiger partial charge in [-0.1, -0.05) is 12.1 Å². The van der Waals surface area contributed by atoms with Crippen molar-refractivity contribution in [1.29, 1.82) is 0 Å². The smallest absolute Gasteiger partial charge is 0.225 e. The van der Waals surface area contributed by atoms with Gasteiger partial charge in [-0.3, -0.25) is 4.79 Å². The molecule has 18 heavy (non-hydrogen) atoms. The van der Waals surface area contributed by atoms with E-state index in [2.05, 4.69) is 9.97 Å². The molecule has 0 atom stereocenters. The van der Waals surface area contributed by atoms with Crippen LogP contribution in [0, 0.1) is 5.82 Å². The maximum absolute atomic E-state index is 13.0. The quantitative estimate of drug-likeness (QED) is 0.773. The summed E-state index contributed by atoms with van der Waals surface area (Å²) in [4.78, 5) is 20.4. The number of hydrogen-bond acceptors (Lipinski definition) is 4. The van der Waals surface area contributed by atoms with Crippen molar-refractivity contribution in [2.75, 3.05) is 11.9 Å². The van der Waals surface area contributed by atoms with Crippen molar-refractivity contribution in [3.8, 4) is 0 Å². The van der Waals surface area contributed by atoms with Crippen LogP contribution in [0.25, 0.3) is 0 Å². The SMILES string of the molecule is CN(Cc1cccc(F)c1)c1ncc(C=O)cn1. The Morgan fingerprint density at radius 3 is 2.67 bits per heavy atom. The first kappa shape index (κ1) is 12.2. The number of aromatic nitrogens is 2. The van der Waals surface area contributed by atoms with Crippen LogP contribution >= 0.6 is 0 Å². The van der Waals surface area contributed by atoms with E-state index in [0.29, 0.717) is 24.3 Å². The second kappa shape index (κ2) is 5.35. The molecular weight excluding hydrogens is 233 g/mol. The predicted molar refractivity (Wildman–Crippen MR) is 65.9 cm³/mol. The Hall–Kier alpha value is -2.30. The van der Waals surface area contributed by atoms with Crippen LogP contribution < -0.4 is 4.90 Å². The van der Waals surface area contributed by atoms with E-state index in [9.17, 15) is 9.18 Å². The molecule has 0 aliphatic rings. The molecule has 0 aliphatic carbocycles. The number of benzene rings is 1. The van der Waals surface area contributed by atoms with Crippen molar-refractivity contribution in [3.05, 3.63) is 53.6 Å². The normalized spacial score (nSPS) is 10.1. The molecule has 5 heteroatoms. The summed E-state index contributed by atoms with van der Waals surface area (Å²) in [5, 5.41) is 0. The van der Waals surface area contributed by atoms with E-state index in [1.54, 1.807) is 18.0 Å². The van der Waals surface area contributed by atoms with Crippen LogP contribution in [0.3, 0.4) is 0 Å². The van der Waals surface area contributed by atoms with Gasteiger partial charge in [-0.25, -0.2) is 14.4 Å². The number of carbonyl (C=O) groups is 1. The van der Waals surface area contributed by atoms with Gasteiger partial charge in [0.15, 0.2) is 6.29 Å². The molecule has 0 radical (unpaired) electrons. The highest BCUT2D eigenvalue weighted by molar-refractivity contribution is 5.73. The van der Waals surface area contributed by atoms with E-state index in [1.807, 2.05) is 6.07 Å². The summed E-state index contributed by atoms with van der Waals surface area (Å²) in [5.74, 6) is 0.225. The molecule has 0 amide bonds. The largest absolute Gasteiger partial charge is 0.340 e. The van der Waals surface area contributed by atoms with Gasteiger partial charge >= 0.3 is 0 Å². The Labute approximate surface area is 104 Å². The van der Waals surface area contributed by atoms with Crippen LogP contribution in [0.15, 0.2) is 36.7 Å². The van der Waals surface area contributed by atoms with Gasteiger partial charge in [0, 0.05) is 26.0 Å². The minimum Gasteiger partial charge on any atom is -0.340 e. The molecule has 92 valence electrons. The van der Waals surface area contributed by atoms with Gasteiger partial charge in [0.1, 0.15) is 5.82 Å². The summed E-state index contributed by atoms with van der Waals surface area (Å²) in [7, 11) is 1.81. The van der Waals surface area contributed by atoms with Crippen LogP contribution in [0.5, 0.6) is 0 Å². The van der Waals surface area contributed by atoms with Gasteiger partial charge in [0.2, 0.25) is 5.95 Å². The maximum Gasteiger partial charge on any atom is 0.225 e. The topological polar surface area (TPSA) is 46.1 Å². The van der Waals surface area contributed by atoms with Gasteiger partial charge in [-0.05, 0) is 17.7 Å². The Bertz CT molecular complexity index is 542. The van der Waals surface area contributed by atoms with E-state index in [-0.39, 0.29) is 5.82 Å². The van der Waals surface area contributed by atoms with E-state index in [1.165, 1.54) is 24.5 Å². The average Bonchev–Trinajstić information content (AvgIpc) is 2.39. The molecule has 0 N–H and O–H groups in total. The second-order valence-corrected chi connectivity index (χ2v) is 3.92. The zero-order valence-electron chi connectivity index (χ0n) is 9.88. The summed E-state index contributed by atoms with van der Waals surface area (Å²) < 4.78 is 13.0. The van der Waals surface area contributed by atoms with Crippen molar-refractivity contribution in [3.63, 3.8) is 0 Å². The third-order valence-electron chi connectivity index (χ3n) is 2.44. The average molecular weight is 245 g/mol. The number of rotatable bonds is 4. The monoisotopic (exact) mass is 245 g/mol. The van der Waals surface area contributed by atoms with Gasteiger partial charge in [0.05, 0.1) is 5.56 Å². The molecule has 0 saturated heterocycles. The Kier molecular flexibility index (Phi) is 3.62. The van der Waals surface area contributed by atoms with Crippen molar-refractivity contribution in [2.24, 2.45) is 0 Å². The van der Waals surface area contributed by atoms with Gasteiger partial charge in [0.25, 0.3) is 0 Å². The van der Waals surface area contributed by atoms with Crippen LogP contribution in [-0.2, 0) is 6.54 Å². The predicted octanol–water partition coefficient (Wildman–Crippen LogP) is 2.06. The van der Waals surface area contributed by atoms with Crippen molar-refractivity contribution < 1.29 is 9.18 Å². The standard InChI is InChI=1S/C13H12FN3O/c1-17(8-10-3-2-4-12(14)5-10)13-15-6-11(9-18)7-16-13/h2-7,9H,8H2,1H3. The molecule has 0 aliphatic heterocycles. The molecule has 2 aromatic rings. The minimum absolute atomic E-state index is 0.266. The first-order valence-corrected chi connectivity index (χ1v) is 5.42. The van der Waals surface area contributed by atoms with Crippen LogP contribution in [0.2, 0.25) is 0 Å². The summed E-state index contributed by atoms with van der Waals surface area (Å²) in [6.45, 7) is 0.498. The van der Waals surface area contributed by atoms with Crippen LogP contribution in [0.4, 0.5) is 10.3 Å².